The number of benzene rings is 1. The van der Waals surface area contributed by atoms with Gasteiger partial charge in [0.05, 0.1) is 5.03 Å². The van der Waals surface area contributed by atoms with Gasteiger partial charge in [0.1, 0.15) is 0 Å². The summed E-state index contributed by atoms with van der Waals surface area (Å²) >= 11 is 12.8. The fraction of sp³-hybridized carbons (Fsp3) is 0.182. The molecule has 1 N–H and O–H groups in total. The first kappa shape index (κ1) is 12.6. The van der Waals surface area contributed by atoms with Crippen molar-refractivity contribution in [2.45, 2.75) is 0 Å². The Labute approximate surface area is 105 Å². The quantitative estimate of drug-likeness (QED) is 0.504. The molecule has 0 heterocycles. The van der Waals surface area contributed by atoms with Crippen molar-refractivity contribution in [2.24, 2.45) is 0 Å². The average molecular weight is 258 g/mol. The van der Waals surface area contributed by atoms with Crippen LogP contribution in [0, 0.1) is 0 Å². The summed E-state index contributed by atoms with van der Waals surface area (Å²) in [7, 11) is 1.88. The van der Waals surface area contributed by atoms with E-state index in [1.54, 1.807) is 11.8 Å². The molecule has 0 aromatic heterocycles. The van der Waals surface area contributed by atoms with Crippen molar-refractivity contribution < 1.29 is 0 Å². The van der Waals surface area contributed by atoms with Crippen LogP contribution in [0.15, 0.2) is 35.4 Å². The molecule has 0 spiro atoms. The zero-order valence-corrected chi connectivity index (χ0v) is 11.0. The largest absolute Gasteiger partial charge is 0.383 e. The number of hydrogen-bond donors (Lipinski definition) is 1. The van der Waals surface area contributed by atoms with Gasteiger partial charge >= 0.3 is 0 Å². The zero-order valence-electron chi connectivity index (χ0n) is 8.58. The molecule has 0 radical (unpaired) electrons. The molecule has 1 aromatic rings. The lowest BCUT2D eigenvalue weighted by atomic mass is 10.1. The van der Waals surface area contributed by atoms with Gasteiger partial charge in [-0.05, 0) is 30.0 Å². The molecule has 0 fully saturated rings. The van der Waals surface area contributed by atoms with Gasteiger partial charge in [0.2, 0.25) is 0 Å². The number of thioether (sulfide) groups is 1. The van der Waals surface area contributed by atoms with Gasteiger partial charge in [0, 0.05) is 16.9 Å². The second-order valence-corrected chi connectivity index (χ2v) is 4.56. The van der Waals surface area contributed by atoms with Crippen LogP contribution in [-0.4, -0.2) is 18.2 Å². The standard InChI is InChI=1S/C11H12ClNS2/c1-13-11(15-2)7-10(14)8-4-3-5-9(12)6-8/h3-7,13H,1-2H3/b11-7-. The highest BCUT2D eigenvalue weighted by atomic mass is 35.5. The normalized spacial score (nSPS) is 11.3. The minimum atomic E-state index is 0.707. The topological polar surface area (TPSA) is 12.0 Å². The summed E-state index contributed by atoms with van der Waals surface area (Å²) in [6.07, 6.45) is 3.94. The Morgan fingerprint density at radius 2 is 2.27 bits per heavy atom. The average Bonchev–Trinajstić information content (AvgIpc) is 2.25. The Kier molecular flexibility index (Phi) is 5.15. The van der Waals surface area contributed by atoms with E-state index in [0.717, 1.165) is 15.5 Å². The highest BCUT2D eigenvalue weighted by Gasteiger charge is 2.00. The molecule has 0 aliphatic rings. The summed E-state index contributed by atoms with van der Waals surface area (Å²) in [5, 5.41) is 4.82. The molecule has 80 valence electrons. The van der Waals surface area contributed by atoms with E-state index in [9.17, 15) is 0 Å². The van der Waals surface area contributed by atoms with E-state index in [1.165, 1.54) is 0 Å². The van der Waals surface area contributed by atoms with Crippen LogP contribution in [0.5, 0.6) is 0 Å². The zero-order chi connectivity index (χ0) is 11.3. The van der Waals surface area contributed by atoms with E-state index < -0.39 is 0 Å². The maximum absolute atomic E-state index is 5.89. The smallest absolute Gasteiger partial charge is 0.0690 e. The SMILES string of the molecule is CN/C(=C/C(=S)c1cccc(Cl)c1)SC. The third-order valence-corrected chi connectivity index (χ3v) is 3.19. The molecule has 1 rings (SSSR count). The summed E-state index contributed by atoms with van der Waals surface area (Å²) in [5.74, 6) is 0. The lowest BCUT2D eigenvalue weighted by molar-refractivity contribution is 1.08. The number of allylic oxidation sites excluding steroid dienone is 1. The molecule has 0 saturated carbocycles. The molecule has 0 amide bonds. The summed E-state index contributed by atoms with van der Waals surface area (Å²) in [6.45, 7) is 0. The van der Waals surface area contributed by atoms with Crippen LogP contribution in [0.4, 0.5) is 0 Å². The number of hydrogen-bond acceptors (Lipinski definition) is 3. The molecule has 1 nitrogen and oxygen atoms in total. The number of nitrogens with one attached hydrogen (secondary N) is 1. The van der Waals surface area contributed by atoms with Gasteiger partial charge in [-0.3, -0.25) is 0 Å². The fourth-order valence-corrected chi connectivity index (χ4v) is 2.03. The summed E-state index contributed by atoms with van der Waals surface area (Å²) < 4.78 is 0. The highest BCUT2D eigenvalue weighted by Crippen LogP contribution is 2.14. The van der Waals surface area contributed by atoms with Crippen LogP contribution in [0.25, 0.3) is 0 Å². The predicted octanol–water partition coefficient (Wildman–Crippen LogP) is 3.48. The molecule has 1 aromatic carbocycles. The first-order chi connectivity index (χ1) is 7.17. The highest BCUT2D eigenvalue weighted by molar-refractivity contribution is 8.02. The summed E-state index contributed by atoms with van der Waals surface area (Å²) in [6, 6.07) is 7.56. The van der Waals surface area contributed by atoms with Crippen LogP contribution in [0.3, 0.4) is 0 Å². The van der Waals surface area contributed by atoms with Crippen molar-refractivity contribution in [3.05, 3.63) is 46.0 Å². The third-order valence-electron chi connectivity index (χ3n) is 1.84. The fourth-order valence-electron chi connectivity index (χ4n) is 1.08. The number of rotatable bonds is 4. The van der Waals surface area contributed by atoms with Crippen molar-refractivity contribution in [1.29, 1.82) is 0 Å². The van der Waals surface area contributed by atoms with Crippen molar-refractivity contribution in [2.75, 3.05) is 13.3 Å². The summed E-state index contributed by atoms with van der Waals surface area (Å²) in [4.78, 5) is 0.788. The second kappa shape index (κ2) is 6.16. The number of thiocarbonyl (C=S) groups is 1. The molecular formula is C11H12ClNS2. The Balaban J connectivity index is 2.90. The minimum Gasteiger partial charge on any atom is -0.383 e. The third kappa shape index (κ3) is 3.86. The lowest BCUT2D eigenvalue weighted by Crippen LogP contribution is -2.04. The van der Waals surface area contributed by atoms with Gasteiger partial charge in [-0.15, -0.1) is 11.8 Å². The van der Waals surface area contributed by atoms with Gasteiger partial charge in [0.25, 0.3) is 0 Å². The lowest BCUT2D eigenvalue weighted by Gasteiger charge is -2.04. The molecule has 4 heteroatoms. The minimum absolute atomic E-state index is 0.707. The van der Waals surface area contributed by atoms with Gasteiger partial charge in [-0.1, -0.05) is 36.0 Å². The molecule has 0 unspecified atom stereocenters. The number of halogens is 1. The molecule has 0 aliphatic heterocycles. The Morgan fingerprint density at radius 1 is 1.53 bits per heavy atom. The van der Waals surface area contributed by atoms with E-state index in [4.69, 9.17) is 23.8 Å². The molecule has 0 saturated heterocycles. The van der Waals surface area contributed by atoms with Crippen LogP contribution < -0.4 is 5.32 Å². The van der Waals surface area contributed by atoms with Gasteiger partial charge < -0.3 is 5.32 Å². The summed E-state index contributed by atoms with van der Waals surface area (Å²) in [5.41, 5.74) is 0.972. The Bertz CT molecular complexity index is 382. The monoisotopic (exact) mass is 257 g/mol. The Morgan fingerprint density at radius 3 is 2.80 bits per heavy atom. The van der Waals surface area contributed by atoms with E-state index in [2.05, 4.69) is 5.32 Å². The van der Waals surface area contributed by atoms with Gasteiger partial charge in [-0.25, -0.2) is 0 Å². The maximum atomic E-state index is 5.89. The van der Waals surface area contributed by atoms with Crippen LogP contribution in [-0.2, 0) is 0 Å². The molecule has 0 atom stereocenters. The van der Waals surface area contributed by atoms with E-state index in [-0.39, 0.29) is 0 Å². The first-order valence-electron chi connectivity index (χ1n) is 4.40. The van der Waals surface area contributed by atoms with Crippen molar-refractivity contribution >= 4 is 40.4 Å². The van der Waals surface area contributed by atoms with Crippen LogP contribution in [0.2, 0.25) is 5.02 Å². The Hall–Kier alpha value is -0.510. The van der Waals surface area contributed by atoms with Crippen molar-refractivity contribution in [3.63, 3.8) is 0 Å². The molecule has 0 aliphatic carbocycles. The van der Waals surface area contributed by atoms with Crippen molar-refractivity contribution in [3.8, 4) is 0 Å². The molecule has 15 heavy (non-hydrogen) atoms. The van der Waals surface area contributed by atoms with Gasteiger partial charge in [0.15, 0.2) is 0 Å². The molecule has 0 bridgehead atoms. The van der Waals surface area contributed by atoms with Crippen molar-refractivity contribution in [1.82, 2.24) is 5.32 Å². The van der Waals surface area contributed by atoms with Crippen LogP contribution in [0.1, 0.15) is 5.56 Å². The maximum Gasteiger partial charge on any atom is 0.0690 e. The predicted molar refractivity (Wildman–Crippen MR) is 73.8 cm³/mol. The second-order valence-electron chi connectivity index (χ2n) is 2.84. The van der Waals surface area contributed by atoms with Gasteiger partial charge in [-0.2, -0.15) is 0 Å². The van der Waals surface area contributed by atoms with E-state index >= 15 is 0 Å². The van der Waals surface area contributed by atoms with E-state index in [0.29, 0.717) is 5.02 Å². The first-order valence-corrected chi connectivity index (χ1v) is 6.42. The van der Waals surface area contributed by atoms with E-state index in [1.807, 2.05) is 43.6 Å². The van der Waals surface area contributed by atoms with Crippen LogP contribution >= 0.6 is 35.6 Å². The molecular weight excluding hydrogens is 246 g/mol.